The number of aliphatic carboxylic acids is 1. The fourth-order valence-corrected chi connectivity index (χ4v) is 5.85. The molecule has 0 saturated carbocycles. The van der Waals surface area contributed by atoms with Crippen molar-refractivity contribution < 1.29 is 48.0 Å². The molecule has 0 heterocycles. The molecule has 0 aliphatic carbocycles. The number of hydrogen-bond donors (Lipinski definition) is 3. The maximum absolute atomic E-state index is 12.0. The van der Waals surface area contributed by atoms with Gasteiger partial charge in [-0.25, -0.2) is 9.59 Å². The molecule has 4 rings (SSSR count). The molecular weight excluding hydrogens is 765 g/mol. The molecule has 2 unspecified atom stereocenters. The number of benzene rings is 4. The van der Waals surface area contributed by atoms with Gasteiger partial charge in [0, 0.05) is 62.1 Å². The first-order valence-corrected chi connectivity index (χ1v) is 20.7. The molecule has 0 aliphatic rings. The van der Waals surface area contributed by atoms with Gasteiger partial charge in [-0.15, -0.1) is 0 Å². The highest BCUT2D eigenvalue weighted by atomic mass is 16.6. The number of carbonyl (C=O) groups excluding carboxylic acids is 3. The molecule has 2 atom stereocenters. The summed E-state index contributed by atoms with van der Waals surface area (Å²) in [5.41, 5.74) is 5.35. The quantitative estimate of drug-likeness (QED) is 0.0642. The zero-order chi connectivity index (χ0) is 43.9. The van der Waals surface area contributed by atoms with E-state index in [1.165, 1.54) is 0 Å². The van der Waals surface area contributed by atoms with Gasteiger partial charge in [-0.3, -0.25) is 9.59 Å². The Balaban J connectivity index is 0.000000321. The molecule has 60 heavy (non-hydrogen) atoms. The minimum absolute atomic E-state index is 0.0626. The largest absolute Gasteiger partial charge is 0.493 e. The van der Waals surface area contributed by atoms with E-state index < -0.39 is 18.2 Å². The summed E-state index contributed by atoms with van der Waals surface area (Å²) < 4.78 is 27.4. The summed E-state index contributed by atoms with van der Waals surface area (Å²) in [5, 5.41) is 14.9. The SMILES string of the molecule is CCOC(=O)C(Cc1ccc(OCCc2ccc(C(=O)NC(C)C)cc2)cc1)OCC.CCOC(Cc1ccc(OCCc2ccc(C(=O)NC(C)C)cc2)cc1)C(=O)O. The van der Waals surface area contributed by atoms with Gasteiger partial charge in [-0.05, 0) is 119 Å². The lowest BCUT2D eigenvalue weighted by Crippen LogP contribution is -2.30. The van der Waals surface area contributed by atoms with Gasteiger partial charge in [0.25, 0.3) is 11.8 Å². The Morgan fingerprint density at radius 3 is 1.23 bits per heavy atom. The Kier molecular flexibility index (Phi) is 21.4. The maximum atomic E-state index is 12.0. The maximum Gasteiger partial charge on any atom is 0.335 e. The lowest BCUT2D eigenvalue weighted by atomic mass is 10.1. The van der Waals surface area contributed by atoms with Crippen molar-refractivity contribution in [3.8, 4) is 11.5 Å². The minimum Gasteiger partial charge on any atom is -0.493 e. The van der Waals surface area contributed by atoms with Crippen LogP contribution in [0.15, 0.2) is 97.1 Å². The third kappa shape index (κ3) is 18.0. The van der Waals surface area contributed by atoms with Crippen LogP contribution < -0.4 is 20.1 Å². The average molecular weight is 827 g/mol. The van der Waals surface area contributed by atoms with Crippen molar-refractivity contribution in [1.29, 1.82) is 0 Å². The molecular formula is C48H62N2O10. The van der Waals surface area contributed by atoms with Crippen LogP contribution in [-0.2, 0) is 49.5 Å². The number of carbonyl (C=O) groups is 4. The smallest absolute Gasteiger partial charge is 0.335 e. The van der Waals surface area contributed by atoms with Crippen LogP contribution >= 0.6 is 0 Å². The molecule has 324 valence electrons. The fraction of sp³-hybridized carbons (Fsp3) is 0.417. The number of carboxylic acid groups (broad SMARTS) is 1. The second-order valence-electron chi connectivity index (χ2n) is 14.5. The molecule has 0 aliphatic heterocycles. The lowest BCUT2D eigenvalue weighted by Gasteiger charge is -2.15. The number of rotatable bonds is 23. The van der Waals surface area contributed by atoms with Crippen LogP contribution in [0.1, 0.15) is 91.4 Å². The summed E-state index contributed by atoms with van der Waals surface area (Å²) in [5.74, 6) is 0.0628. The molecule has 0 radical (unpaired) electrons. The number of nitrogens with one attached hydrogen (secondary N) is 2. The normalized spacial score (nSPS) is 11.8. The topological polar surface area (TPSA) is 159 Å². The van der Waals surface area contributed by atoms with Gasteiger partial charge in [0.1, 0.15) is 11.5 Å². The molecule has 0 fully saturated rings. The summed E-state index contributed by atoms with van der Waals surface area (Å²) in [6.07, 6.45) is 0.811. The molecule has 4 aromatic carbocycles. The van der Waals surface area contributed by atoms with Crippen LogP contribution in [0.5, 0.6) is 11.5 Å². The highest BCUT2D eigenvalue weighted by Crippen LogP contribution is 2.17. The Morgan fingerprint density at radius 1 is 0.517 bits per heavy atom. The molecule has 0 spiro atoms. The number of carboxylic acids is 1. The third-order valence-corrected chi connectivity index (χ3v) is 8.84. The first-order valence-electron chi connectivity index (χ1n) is 20.7. The molecule has 2 amide bonds. The first kappa shape index (κ1) is 48.6. The van der Waals surface area contributed by atoms with E-state index in [0.717, 1.165) is 46.6 Å². The predicted molar refractivity (Wildman–Crippen MR) is 232 cm³/mol. The van der Waals surface area contributed by atoms with Gasteiger partial charge >= 0.3 is 11.9 Å². The van der Waals surface area contributed by atoms with Crippen LogP contribution in [-0.4, -0.2) is 86.2 Å². The summed E-state index contributed by atoms with van der Waals surface area (Å²) in [6.45, 7) is 15.3. The van der Waals surface area contributed by atoms with Crippen molar-refractivity contribution in [2.24, 2.45) is 0 Å². The fourth-order valence-electron chi connectivity index (χ4n) is 5.85. The van der Waals surface area contributed by atoms with Crippen molar-refractivity contribution in [3.63, 3.8) is 0 Å². The Labute approximate surface area is 354 Å². The van der Waals surface area contributed by atoms with Gasteiger partial charge < -0.3 is 39.4 Å². The van der Waals surface area contributed by atoms with E-state index in [4.69, 9.17) is 28.8 Å². The third-order valence-electron chi connectivity index (χ3n) is 8.84. The zero-order valence-corrected chi connectivity index (χ0v) is 36.0. The zero-order valence-electron chi connectivity index (χ0n) is 36.0. The van der Waals surface area contributed by atoms with Crippen molar-refractivity contribution in [2.45, 2.75) is 98.4 Å². The van der Waals surface area contributed by atoms with E-state index in [2.05, 4.69) is 10.6 Å². The lowest BCUT2D eigenvalue weighted by molar-refractivity contribution is -0.156. The van der Waals surface area contributed by atoms with Gasteiger partial charge in [-0.1, -0.05) is 48.5 Å². The van der Waals surface area contributed by atoms with E-state index in [-0.39, 0.29) is 29.9 Å². The standard InChI is InChI=1S/C25H33NO5.C23H29NO5/c1-5-29-23(25(28)30-6-2)17-20-9-13-22(14-10-20)31-16-15-19-7-11-21(12-8-19)24(27)26-18(3)4;1-4-28-21(23(26)27)15-18-7-11-20(12-8-18)29-14-13-17-5-9-19(10-6-17)22(25)24-16(2)3/h7-14,18,23H,5-6,15-17H2,1-4H3,(H,26,27);5-12,16,21H,4,13-15H2,1-3H3,(H,24,25)(H,26,27). The van der Waals surface area contributed by atoms with Crippen molar-refractivity contribution >= 4 is 23.8 Å². The number of ether oxygens (including phenoxy) is 5. The number of esters is 1. The predicted octanol–water partition coefficient (Wildman–Crippen LogP) is 7.44. The van der Waals surface area contributed by atoms with Crippen LogP contribution in [0.3, 0.4) is 0 Å². The molecule has 0 aromatic heterocycles. The average Bonchev–Trinajstić information content (AvgIpc) is 3.22. The second-order valence-corrected chi connectivity index (χ2v) is 14.5. The van der Waals surface area contributed by atoms with Crippen LogP contribution in [0, 0.1) is 0 Å². The Hall–Kier alpha value is -5.72. The van der Waals surface area contributed by atoms with Crippen LogP contribution in [0.4, 0.5) is 0 Å². The molecule has 0 saturated heterocycles. The van der Waals surface area contributed by atoms with Gasteiger partial charge in [-0.2, -0.15) is 0 Å². The monoisotopic (exact) mass is 826 g/mol. The first-order chi connectivity index (χ1) is 28.8. The van der Waals surface area contributed by atoms with E-state index in [1.54, 1.807) is 13.8 Å². The highest BCUT2D eigenvalue weighted by Gasteiger charge is 2.21. The van der Waals surface area contributed by atoms with Gasteiger partial charge in [0.05, 0.1) is 19.8 Å². The molecule has 0 bridgehead atoms. The molecule has 12 heteroatoms. The van der Waals surface area contributed by atoms with Gasteiger partial charge in [0.2, 0.25) is 0 Å². The van der Waals surface area contributed by atoms with Crippen molar-refractivity contribution in [3.05, 3.63) is 130 Å². The molecule has 3 N–H and O–H groups in total. The molecule has 4 aromatic rings. The molecule has 12 nitrogen and oxygen atoms in total. The van der Waals surface area contributed by atoms with E-state index in [0.29, 0.717) is 57.0 Å². The van der Waals surface area contributed by atoms with Crippen molar-refractivity contribution in [2.75, 3.05) is 33.0 Å². The second kappa shape index (κ2) is 26.4. The summed E-state index contributed by atoms with van der Waals surface area (Å²) in [7, 11) is 0. The van der Waals surface area contributed by atoms with E-state index >= 15 is 0 Å². The number of amides is 2. The van der Waals surface area contributed by atoms with E-state index in [1.807, 2.05) is 132 Å². The highest BCUT2D eigenvalue weighted by molar-refractivity contribution is 5.94. The minimum atomic E-state index is -0.958. The summed E-state index contributed by atoms with van der Waals surface area (Å²) >= 11 is 0. The summed E-state index contributed by atoms with van der Waals surface area (Å²) in [4.78, 5) is 47.1. The van der Waals surface area contributed by atoms with Crippen LogP contribution in [0.25, 0.3) is 0 Å². The van der Waals surface area contributed by atoms with E-state index in [9.17, 15) is 19.2 Å². The number of hydrogen-bond acceptors (Lipinski definition) is 9. The summed E-state index contributed by atoms with van der Waals surface area (Å²) in [6, 6.07) is 30.3. The Bertz CT molecular complexity index is 1880. The van der Waals surface area contributed by atoms with Crippen molar-refractivity contribution in [1.82, 2.24) is 10.6 Å². The van der Waals surface area contributed by atoms with Crippen LogP contribution in [0.2, 0.25) is 0 Å². The van der Waals surface area contributed by atoms with Gasteiger partial charge in [0.15, 0.2) is 12.2 Å². The Morgan fingerprint density at radius 2 is 0.883 bits per heavy atom.